The van der Waals surface area contributed by atoms with E-state index in [1.807, 2.05) is 6.07 Å². The summed E-state index contributed by atoms with van der Waals surface area (Å²) in [6, 6.07) is 11.5. The topological polar surface area (TPSA) is 46.5 Å². The van der Waals surface area contributed by atoms with Crippen LogP contribution >= 0.6 is 0 Å². The first-order chi connectivity index (χ1) is 10.7. The van der Waals surface area contributed by atoms with Crippen LogP contribution in [0.25, 0.3) is 0 Å². The molecule has 0 unspecified atom stereocenters. The number of methoxy groups -OCH3 is 1. The van der Waals surface area contributed by atoms with E-state index in [4.69, 9.17) is 4.74 Å². The molecule has 0 saturated carbocycles. The highest BCUT2D eigenvalue weighted by Crippen LogP contribution is 2.24. The largest absolute Gasteiger partial charge is 0.507 e. The normalized spacial score (nSPS) is 10.5. The Balaban J connectivity index is 2.10. The van der Waals surface area contributed by atoms with Crippen molar-refractivity contribution in [3.8, 4) is 11.5 Å². The summed E-state index contributed by atoms with van der Waals surface area (Å²) in [4.78, 5) is 10.7. The summed E-state index contributed by atoms with van der Waals surface area (Å²) in [5.41, 5.74) is 3.77. The van der Waals surface area contributed by atoms with Crippen LogP contribution in [0.15, 0.2) is 36.4 Å². The molecule has 2 aromatic carbocycles. The fourth-order valence-electron chi connectivity index (χ4n) is 2.56. The lowest BCUT2D eigenvalue weighted by atomic mass is 10.00. The molecule has 0 amide bonds. The van der Waals surface area contributed by atoms with Crippen molar-refractivity contribution in [1.82, 2.24) is 0 Å². The number of hydrogen-bond donors (Lipinski definition) is 1. The standard InChI is InChI=1S/C19H22O3/c1-3-4-14-5-8-16(19(12-14)22-2)9-6-15-7-10-17(13-20)18(21)11-15/h5,7-8,10-13,21H,3-4,6,9H2,1-2H3. The van der Waals surface area contributed by atoms with Crippen LogP contribution in [0.4, 0.5) is 0 Å². The van der Waals surface area contributed by atoms with Crippen LogP contribution < -0.4 is 4.74 Å². The molecule has 3 heteroatoms. The highest BCUT2D eigenvalue weighted by atomic mass is 16.5. The molecule has 1 N–H and O–H groups in total. The second-order valence-electron chi connectivity index (χ2n) is 5.41. The highest BCUT2D eigenvalue weighted by Gasteiger charge is 2.07. The molecule has 0 fully saturated rings. The van der Waals surface area contributed by atoms with E-state index < -0.39 is 0 Å². The molecule has 0 heterocycles. The third-order valence-corrected chi connectivity index (χ3v) is 3.79. The molecule has 0 spiro atoms. The lowest BCUT2D eigenvalue weighted by Gasteiger charge is -2.11. The Bertz CT molecular complexity index is 647. The second-order valence-corrected chi connectivity index (χ2v) is 5.41. The summed E-state index contributed by atoms with van der Waals surface area (Å²) in [7, 11) is 1.69. The van der Waals surface area contributed by atoms with Gasteiger partial charge in [0.2, 0.25) is 0 Å². The fraction of sp³-hybridized carbons (Fsp3) is 0.316. The number of aldehydes is 1. The Morgan fingerprint density at radius 1 is 1.05 bits per heavy atom. The summed E-state index contributed by atoms with van der Waals surface area (Å²) in [5, 5.41) is 9.73. The van der Waals surface area contributed by atoms with Crippen molar-refractivity contribution in [2.24, 2.45) is 0 Å². The third-order valence-electron chi connectivity index (χ3n) is 3.79. The average Bonchev–Trinajstić information content (AvgIpc) is 2.54. The Morgan fingerprint density at radius 3 is 2.41 bits per heavy atom. The number of carbonyl (C=O) groups excluding carboxylic acids is 1. The molecule has 116 valence electrons. The zero-order valence-electron chi connectivity index (χ0n) is 13.1. The Hall–Kier alpha value is -2.29. The first kappa shape index (κ1) is 16.1. The van der Waals surface area contributed by atoms with E-state index in [1.54, 1.807) is 19.2 Å². The minimum absolute atomic E-state index is 0.0396. The lowest BCUT2D eigenvalue weighted by molar-refractivity contribution is 0.112. The van der Waals surface area contributed by atoms with E-state index >= 15 is 0 Å². The number of aryl methyl sites for hydroxylation is 3. The van der Waals surface area contributed by atoms with Gasteiger partial charge in [0.15, 0.2) is 6.29 Å². The molecule has 0 bridgehead atoms. The molecule has 2 rings (SSSR count). The molecule has 0 atom stereocenters. The molecule has 0 saturated heterocycles. The highest BCUT2D eigenvalue weighted by molar-refractivity contribution is 5.79. The zero-order chi connectivity index (χ0) is 15.9. The third kappa shape index (κ3) is 3.88. The number of aromatic hydroxyl groups is 1. The van der Waals surface area contributed by atoms with E-state index in [2.05, 4.69) is 25.1 Å². The van der Waals surface area contributed by atoms with Gasteiger partial charge in [-0.25, -0.2) is 0 Å². The van der Waals surface area contributed by atoms with Crippen LogP contribution in [0.3, 0.4) is 0 Å². The van der Waals surface area contributed by atoms with E-state index in [9.17, 15) is 9.90 Å². The number of carbonyl (C=O) groups is 1. The fourth-order valence-corrected chi connectivity index (χ4v) is 2.56. The molecule has 3 nitrogen and oxygen atoms in total. The van der Waals surface area contributed by atoms with Gasteiger partial charge in [-0.3, -0.25) is 4.79 Å². The van der Waals surface area contributed by atoms with Crippen molar-refractivity contribution >= 4 is 6.29 Å². The number of benzene rings is 2. The molecule has 22 heavy (non-hydrogen) atoms. The van der Waals surface area contributed by atoms with Crippen molar-refractivity contribution in [1.29, 1.82) is 0 Å². The van der Waals surface area contributed by atoms with Crippen LogP contribution in [0.5, 0.6) is 11.5 Å². The predicted molar refractivity (Wildman–Crippen MR) is 87.9 cm³/mol. The maximum Gasteiger partial charge on any atom is 0.153 e. The van der Waals surface area contributed by atoms with Crippen molar-refractivity contribution in [3.63, 3.8) is 0 Å². The van der Waals surface area contributed by atoms with E-state index in [0.717, 1.165) is 42.6 Å². The maximum atomic E-state index is 10.7. The van der Waals surface area contributed by atoms with E-state index in [-0.39, 0.29) is 5.75 Å². The number of hydrogen-bond acceptors (Lipinski definition) is 3. The summed E-state index contributed by atoms with van der Waals surface area (Å²) < 4.78 is 5.49. The van der Waals surface area contributed by atoms with Crippen LogP contribution in [0, 0.1) is 0 Å². The quantitative estimate of drug-likeness (QED) is 0.787. The van der Waals surface area contributed by atoms with Crippen LogP contribution in [0.2, 0.25) is 0 Å². The van der Waals surface area contributed by atoms with Gasteiger partial charge < -0.3 is 9.84 Å². The Morgan fingerprint density at radius 2 is 1.77 bits per heavy atom. The summed E-state index contributed by atoms with van der Waals surface area (Å²) in [6.45, 7) is 2.16. The van der Waals surface area contributed by atoms with Gasteiger partial charge in [0.1, 0.15) is 11.5 Å². The monoisotopic (exact) mass is 298 g/mol. The summed E-state index contributed by atoms with van der Waals surface area (Å²) >= 11 is 0. The van der Waals surface area contributed by atoms with Gasteiger partial charge in [0.05, 0.1) is 12.7 Å². The van der Waals surface area contributed by atoms with Crippen LogP contribution in [-0.4, -0.2) is 18.5 Å². The average molecular weight is 298 g/mol. The van der Waals surface area contributed by atoms with E-state index in [0.29, 0.717) is 11.8 Å². The molecule has 2 aromatic rings. The van der Waals surface area contributed by atoms with Crippen LogP contribution in [-0.2, 0) is 19.3 Å². The summed E-state index contributed by atoms with van der Waals surface area (Å²) in [5.74, 6) is 0.956. The minimum atomic E-state index is 0.0396. The predicted octanol–water partition coefficient (Wildman–Crippen LogP) is 3.95. The molecule has 0 radical (unpaired) electrons. The molecule has 0 aromatic heterocycles. The number of ether oxygens (including phenoxy) is 1. The molecular formula is C19H22O3. The number of phenolic OH excluding ortho intramolecular Hbond substituents is 1. The van der Waals surface area contributed by atoms with Gasteiger partial charge in [-0.2, -0.15) is 0 Å². The Labute approximate surface area is 131 Å². The SMILES string of the molecule is CCCc1ccc(CCc2ccc(C=O)c(O)c2)c(OC)c1. The summed E-state index contributed by atoms with van der Waals surface area (Å²) in [6.07, 6.45) is 4.45. The van der Waals surface area contributed by atoms with Crippen molar-refractivity contribution < 1.29 is 14.6 Å². The molecular weight excluding hydrogens is 276 g/mol. The van der Waals surface area contributed by atoms with Gasteiger partial charge >= 0.3 is 0 Å². The number of rotatable bonds is 7. The van der Waals surface area contributed by atoms with E-state index in [1.165, 1.54) is 5.56 Å². The molecule has 0 aliphatic heterocycles. The zero-order valence-corrected chi connectivity index (χ0v) is 13.1. The Kier molecular flexibility index (Phi) is 5.59. The van der Waals surface area contributed by atoms with Crippen molar-refractivity contribution in [2.75, 3.05) is 7.11 Å². The maximum absolute atomic E-state index is 10.7. The van der Waals surface area contributed by atoms with Crippen LogP contribution in [0.1, 0.15) is 40.4 Å². The second kappa shape index (κ2) is 7.64. The van der Waals surface area contributed by atoms with Gasteiger partial charge in [-0.1, -0.05) is 31.5 Å². The first-order valence-corrected chi connectivity index (χ1v) is 7.60. The minimum Gasteiger partial charge on any atom is -0.507 e. The van der Waals surface area contributed by atoms with Crippen molar-refractivity contribution in [3.05, 3.63) is 58.7 Å². The van der Waals surface area contributed by atoms with Gasteiger partial charge in [-0.15, -0.1) is 0 Å². The smallest absolute Gasteiger partial charge is 0.153 e. The van der Waals surface area contributed by atoms with Gasteiger partial charge in [-0.05, 0) is 54.2 Å². The van der Waals surface area contributed by atoms with Gasteiger partial charge in [0.25, 0.3) is 0 Å². The molecule has 0 aliphatic rings. The molecule has 0 aliphatic carbocycles. The first-order valence-electron chi connectivity index (χ1n) is 7.60. The van der Waals surface area contributed by atoms with Crippen molar-refractivity contribution in [2.45, 2.75) is 32.6 Å². The lowest BCUT2D eigenvalue weighted by Crippen LogP contribution is -1.97. The van der Waals surface area contributed by atoms with Gasteiger partial charge in [0, 0.05) is 0 Å². The number of phenols is 1.